The van der Waals surface area contributed by atoms with Crippen molar-refractivity contribution in [3.8, 4) is 5.75 Å². The van der Waals surface area contributed by atoms with E-state index in [-0.39, 0.29) is 0 Å². The van der Waals surface area contributed by atoms with Crippen LogP contribution in [0.2, 0.25) is 0 Å². The van der Waals surface area contributed by atoms with E-state index in [1.807, 2.05) is 18.2 Å². The molecule has 17 heavy (non-hydrogen) atoms. The Hall–Kier alpha value is -0.580. The van der Waals surface area contributed by atoms with Crippen molar-refractivity contribution >= 4 is 15.9 Å². The minimum absolute atomic E-state index is 0.339. The van der Waals surface area contributed by atoms with Crippen molar-refractivity contribution in [2.45, 2.75) is 25.5 Å². The fourth-order valence-electron chi connectivity index (χ4n) is 2.10. The molecule has 1 heterocycles. The lowest BCUT2D eigenvalue weighted by molar-refractivity contribution is 0.114. The molecule has 94 valence electrons. The van der Waals surface area contributed by atoms with Crippen molar-refractivity contribution in [2.75, 3.05) is 20.1 Å². The molecule has 0 bridgehead atoms. The highest BCUT2D eigenvalue weighted by molar-refractivity contribution is 9.10. The monoisotopic (exact) mass is 298 g/mol. The first-order chi connectivity index (χ1) is 8.17. The van der Waals surface area contributed by atoms with Crippen molar-refractivity contribution < 1.29 is 4.74 Å². The Kier molecular flexibility index (Phi) is 4.42. The molecule has 4 heteroatoms. The Labute approximate surface area is 111 Å². The molecule has 0 unspecified atom stereocenters. The van der Waals surface area contributed by atoms with Crippen LogP contribution in [-0.2, 0) is 6.54 Å². The lowest BCUT2D eigenvalue weighted by atomic mass is 10.1. The van der Waals surface area contributed by atoms with Gasteiger partial charge in [-0.25, -0.2) is 0 Å². The van der Waals surface area contributed by atoms with E-state index in [0.717, 1.165) is 41.7 Å². The number of nitrogens with zero attached hydrogens (tertiary/aromatic N) is 1. The number of hydrogen-bond acceptors (Lipinski definition) is 3. The van der Waals surface area contributed by atoms with Crippen LogP contribution in [0.3, 0.4) is 0 Å². The van der Waals surface area contributed by atoms with Crippen LogP contribution in [-0.4, -0.2) is 31.1 Å². The number of ether oxygens (including phenoxy) is 1. The summed E-state index contributed by atoms with van der Waals surface area (Å²) in [5.41, 5.74) is 6.76. The molecule has 0 aliphatic carbocycles. The standard InChI is InChI=1S/C13H19BrN2O/c1-16-4-2-12(3-5-16)17-13-7-10(9-15)6-11(14)8-13/h6-8,12H,2-5,9,15H2,1H3. The lowest BCUT2D eigenvalue weighted by Crippen LogP contribution is -2.35. The number of hydrogen-bond donors (Lipinski definition) is 1. The fraction of sp³-hybridized carbons (Fsp3) is 0.538. The van der Waals surface area contributed by atoms with E-state index >= 15 is 0 Å². The Morgan fingerprint density at radius 2 is 2.06 bits per heavy atom. The molecule has 0 atom stereocenters. The average Bonchev–Trinajstić information content (AvgIpc) is 2.31. The molecule has 0 saturated carbocycles. The number of benzene rings is 1. The van der Waals surface area contributed by atoms with Crippen molar-refractivity contribution in [3.05, 3.63) is 28.2 Å². The molecule has 1 fully saturated rings. The number of nitrogens with two attached hydrogens (primary N) is 1. The van der Waals surface area contributed by atoms with Gasteiger partial charge in [-0.15, -0.1) is 0 Å². The summed E-state index contributed by atoms with van der Waals surface area (Å²) in [5, 5.41) is 0. The van der Waals surface area contributed by atoms with Crippen molar-refractivity contribution in [2.24, 2.45) is 5.73 Å². The Balaban J connectivity index is 2.00. The van der Waals surface area contributed by atoms with Gasteiger partial charge in [0.2, 0.25) is 0 Å². The highest BCUT2D eigenvalue weighted by Gasteiger charge is 2.18. The van der Waals surface area contributed by atoms with Gasteiger partial charge in [0.15, 0.2) is 0 Å². The number of piperidine rings is 1. The predicted molar refractivity (Wildman–Crippen MR) is 73.2 cm³/mol. The van der Waals surface area contributed by atoms with Gasteiger partial charge in [-0.3, -0.25) is 0 Å². The highest BCUT2D eigenvalue weighted by atomic mass is 79.9. The fourth-order valence-corrected chi connectivity index (χ4v) is 2.62. The van der Waals surface area contributed by atoms with Crippen molar-refractivity contribution in [1.82, 2.24) is 4.90 Å². The van der Waals surface area contributed by atoms with E-state index < -0.39 is 0 Å². The van der Waals surface area contributed by atoms with Crippen LogP contribution in [0.1, 0.15) is 18.4 Å². The van der Waals surface area contributed by atoms with Gasteiger partial charge in [0.25, 0.3) is 0 Å². The van der Waals surface area contributed by atoms with Crippen molar-refractivity contribution in [1.29, 1.82) is 0 Å². The van der Waals surface area contributed by atoms with Crippen LogP contribution < -0.4 is 10.5 Å². The van der Waals surface area contributed by atoms with E-state index in [4.69, 9.17) is 10.5 Å². The topological polar surface area (TPSA) is 38.5 Å². The minimum Gasteiger partial charge on any atom is -0.490 e. The molecule has 2 N–H and O–H groups in total. The van der Waals surface area contributed by atoms with Gasteiger partial charge in [-0.1, -0.05) is 15.9 Å². The molecule has 1 aliphatic rings. The SMILES string of the molecule is CN1CCC(Oc2cc(Br)cc(CN)c2)CC1. The van der Waals surface area contributed by atoms with Gasteiger partial charge in [0.1, 0.15) is 11.9 Å². The van der Waals surface area contributed by atoms with E-state index in [1.54, 1.807) is 0 Å². The maximum Gasteiger partial charge on any atom is 0.121 e. The maximum absolute atomic E-state index is 6.01. The summed E-state index contributed by atoms with van der Waals surface area (Å²) >= 11 is 3.48. The van der Waals surface area contributed by atoms with Crippen LogP contribution in [0.15, 0.2) is 22.7 Å². The third kappa shape index (κ3) is 3.69. The zero-order valence-electron chi connectivity index (χ0n) is 10.2. The molecule has 1 aromatic carbocycles. The number of halogens is 1. The van der Waals surface area contributed by atoms with Crippen molar-refractivity contribution in [3.63, 3.8) is 0 Å². The highest BCUT2D eigenvalue weighted by Crippen LogP contribution is 2.24. The third-order valence-electron chi connectivity index (χ3n) is 3.14. The number of likely N-dealkylation sites (tertiary alicyclic amines) is 1. The maximum atomic E-state index is 6.01. The first kappa shape index (κ1) is 12.9. The van der Waals surface area contributed by atoms with Crippen LogP contribution in [0.25, 0.3) is 0 Å². The van der Waals surface area contributed by atoms with Crippen LogP contribution in [0.5, 0.6) is 5.75 Å². The van der Waals surface area contributed by atoms with E-state index in [9.17, 15) is 0 Å². The Bertz CT molecular complexity index is 376. The van der Waals surface area contributed by atoms with Crippen LogP contribution >= 0.6 is 15.9 Å². The zero-order valence-corrected chi connectivity index (χ0v) is 11.7. The number of rotatable bonds is 3. The molecule has 0 radical (unpaired) electrons. The summed E-state index contributed by atoms with van der Waals surface area (Å²) in [5.74, 6) is 0.925. The summed E-state index contributed by atoms with van der Waals surface area (Å²) in [6.45, 7) is 2.77. The predicted octanol–water partition coefficient (Wildman–Crippen LogP) is 2.38. The van der Waals surface area contributed by atoms with Gasteiger partial charge < -0.3 is 15.4 Å². The van der Waals surface area contributed by atoms with Crippen LogP contribution in [0, 0.1) is 0 Å². The molecule has 0 spiro atoms. The summed E-state index contributed by atoms with van der Waals surface area (Å²) in [6.07, 6.45) is 2.54. The second-order valence-electron chi connectivity index (χ2n) is 4.62. The van der Waals surface area contributed by atoms with E-state index in [0.29, 0.717) is 12.6 Å². The van der Waals surface area contributed by atoms with Gasteiger partial charge in [-0.05, 0) is 43.7 Å². The molecular weight excluding hydrogens is 280 g/mol. The van der Waals surface area contributed by atoms with Gasteiger partial charge in [0.05, 0.1) is 0 Å². The molecule has 0 aromatic heterocycles. The summed E-state index contributed by atoms with van der Waals surface area (Å²) in [4.78, 5) is 2.34. The molecule has 2 rings (SSSR count). The largest absolute Gasteiger partial charge is 0.490 e. The molecule has 1 saturated heterocycles. The van der Waals surface area contributed by atoms with Gasteiger partial charge in [-0.2, -0.15) is 0 Å². The lowest BCUT2D eigenvalue weighted by Gasteiger charge is -2.29. The normalized spacial score (nSPS) is 18.3. The second-order valence-corrected chi connectivity index (χ2v) is 5.54. The molecule has 3 nitrogen and oxygen atoms in total. The Morgan fingerprint density at radius 3 is 2.71 bits per heavy atom. The van der Waals surface area contributed by atoms with E-state index in [2.05, 4.69) is 27.9 Å². The smallest absolute Gasteiger partial charge is 0.121 e. The molecule has 1 aromatic rings. The molecule has 1 aliphatic heterocycles. The quantitative estimate of drug-likeness (QED) is 0.931. The zero-order chi connectivity index (χ0) is 12.3. The average molecular weight is 299 g/mol. The second kappa shape index (κ2) is 5.85. The summed E-state index contributed by atoms with van der Waals surface area (Å²) < 4.78 is 7.05. The Morgan fingerprint density at radius 1 is 1.35 bits per heavy atom. The van der Waals surface area contributed by atoms with Gasteiger partial charge in [0, 0.05) is 24.1 Å². The van der Waals surface area contributed by atoms with Crippen LogP contribution in [0.4, 0.5) is 0 Å². The first-order valence-corrected chi connectivity index (χ1v) is 6.81. The molecule has 0 amide bonds. The summed E-state index contributed by atoms with van der Waals surface area (Å²) in [7, 11) is 2.15. The summed E-state index contributed by atoms with van der Waals surface area (Å²) in [6, 6.07) is 6.07. The third-order valence-corrected chi connectivity index (χ3v) is 3.59. The molecular formula is C13H19BrN2O. The minimum atomic E-state index is 0.339. The first-order valence-electron chi connectivity index (χ1n) is 6.02. The van der Waals surface area contributed by atoms with E-state index in [1.165, 1.54) is 0 Å². The van der Waals surface area contributed by atoms with Gasteiger partial charge >= 0.3 is 0 Å².